The van der Waals surface area contributed by atoms with Gasteiger partial charge in [0.1, 0.15) is 5.82 Å². The molecule has 2 aromatic carbocycles. The number of carbonyl (C=O) groups is 2. The van der Waals surface area contributed by atoms with Crippen molar-refractivity contribution in [3.8, 4) is 0 Å². The van der Waals surface area contributed by atoms with Gasteiger partial charge in [-0.05, 0) is 31.5 Å². The third-order valence-electron chi connectivity index (χ3n) is 4.70. The molecule has 0 bridgehead atoms. The molecular formula is C22H23FN4O2. The smallest absolute Gasteiger partial charge is 0.254 e. The number of nitrogens with one attached hydrogen (secondary N) is 2. The molecule has 0 aliphatic carbocycles. The minimum atomic E-state index is -0.624. The molecule has 0 saturated heterocycles. The topological polar surface area (TPSA) is 76.0 Å². The summed E-state index contributed by atoms with van der Waals surface area (Å²) in [6.45, 7) is 4.59. The summed E-state index contributed by atoms with van der Waals surface area (Å²) in [5.41, 5.74) is 3.81. The van der Waals surface area contributed by atoms with Gasteiger partial charge in [-0.2, -0.15) is 5.10 Å². The molecule has 29 heavy (non-hydrogen) atoms. The van der Waals surface area contributed by atoms with E-state index in [2.05, 4.69) is 15.7 Å². The van der Waals surface area contributed by atoms with Gasteiger partial charge in [0.05, 0.1) is 24.3 Å². The highest BCUT2D eigenvalue weighted by molar-refractivity contribution is 5.96. The molecule has 0 aliphatic heterocycles. The van der Waals surface area contributed by atoms with Gasteiger partial charge in [-0.25, -0.2) is 4.39 Å². The van der Waals surface area contributed by atoms with Gasteiger partial charge in [0, 0.05) is 17.8 Å². The van der Waals surface area contributed by atoms with Crippen LogP contribution in [0.1, 0.15) is 32.9 Å². The van der Waals surface area contributed by atoms with Crippen molar-refractivity contribution in [2.45, 2.75) is 26.9 Å². The predicted molar refractivity (Wildman–Crippen MR) is 108 cm³/mol. The van der Waals surface area contributed by atoms with E-state index in [9.17, 15) is 14.0 Å². The Hall–Kier alpha value is -3.48. The van der Waals surface area contributed by atoms with E-state index in [0.29, 0.717) is 13.1 Å². The quantitative estimate of drug-likeness (QED) is 0.647. The third-order valence-corrected chi connectivity index (χ3v) is 4.70. The molecule has 0 atom stereocenters. The summed E-state index contributed by atoms with van der Waals surface area (Å²) in [4.78, 5) is 24.1. The number of rotatable bonds is 7. The third kappa shape index (κ3) is 5.07. The molecular weight excluding hydrogens is 371 g/mol. The summed E-state index contributed by atoms with van der Waals surface area (Å²) < 4.78 is 15.5. The van der Waals surface area contributed by atoms with Crippen LogP contribution >= 0.6 is 0 Å². The van der Waals surface area contributed by atoms with Gasteiger partial charge in [0.15, 0.2) is 0 Å². The molecule has 7 heteroatoms. The zero-order chi connectivity index (χ0) is 20.8. The highest BCUT2D eigenvalue weighted by Gasteiger charge is 2.14. The molecule has 0 saturated carbocycles. The lowest BCUT2D eigenvalue weighted by Crippen LogP contribution is -2.37. The summed E-state index contributed by atoms with van der Waals surface area (Å²) in [6, 6.07) is 15.7. The van der Waals surface area contributed by atoms with Crippen LogP contribution in [0.3, 0.4) is 0 Å². The number of benzene rings is 2. The zero-order valence-corrected chi connectivity index (χ0v) is 16.4. The lowest BCUT2D eigenvalue weighted by atomic mass is 10.2. The maximum Gasteiger partial charge on any atom is 0.254 e. The van der Waals surface area contributed by atoms with Crippen molar-refractivity contribution in [3.63, 3.8) is 0 Å². The van der Waals surface area contributed by atoms with Gasteiger partial charge in [0.2, 0.25) is 5.91 Å². The molecule has 0 fully saturated rings. The van der Waals surface area contributed by atoms with Crippen molar-refractivity contribution in [3.05, 3.63) is 88.5 Å². The fraction of sp³-hybridized carbons (Fsp3) is 0.227. The van der Waals surface area contributed by atoms with Crippen molar-refractivity contribution in [2.24, 2.45) is 0 Å². The van der Waals surface area contributed by atoms with Crippen molar-refractivity contribution in [1.82, 2.24) is 20.4 Å². The van der Waals surface area contributed by atoms with Crippen LogP contribution in [0.5, 0.6) is 0 Å². The molecule has 0 spiro atoms. The number of amides is 2. The number of halogens is 1. The summed E-state index contributed by atoms with van der Waals surface area (Å²) in [5.74, 6) is -1.60. The Kier molecular flexibility index (Phi) is 6.39. The van der Waals surface area contributed by atoms with Gasteiger partial charge >= 0.3 is 0 Å². The SMILES string of the molecule is Cc1nn(Cc2ccccc2)c(C)c1CNC(=O)CNC(=O)c1ccccc1F. The number of carbonyl (C=O) groups excluding carboxylic acids is 2. The second-order valence-electron chi connectivity index (χ2n) is 6.73. The first kappa shape index (κ1) is 20.3. The molecule has 0 aliphatic rings. The first-order chi connectivity index (χ1) is 14.0. The maximum absolute atomic E-state index is 13.6. The van der Waals surface area contributed by atoms with E-state index in [1.165, 1.54) is 18.2 Å². The number of aryl methyl sites for hydroxylation is 1. The minimum Gasteiger partial charge on any atom is -0.350 e. The normalized spacial score (nSPS) is 10.6. The lowest BCUT2D eigenvalue weighted by Gasteiger charge is -2.09. The fourth-order valence-corrected chi connectivity index (χ4v) is 3.05. The zero-order valence-electron chi connectivity index (χ0n) is 16.4. The number of nitrogens with zero attached hydrogens (tertiary/aromatic N) is 2. The average molecular weight is 394 g/mol. The second kappa shape index (κ2) is 9.14. The molecule has 150 valence electrons. The van der Waals surface area contributed by atoms with Crippen LogP contribution < -0.4 is 10.6 Å². The number of hydrogen-bond donors (Lipinski definition) is 2. The molecule has 1 aromatic heterocycles. The predicted octanol–water partition coefficient (Wildman–Crippen LogP) is 2.73. The second-order valence-corrected chi connectivity index (χ2v) is 6.73. The highest BCUT2D eigenvalue weighted by atomic mass is 19.1. The Balaban J connectivity index is 1.55. The molecule has 6 nitrogen and oxygen atoms in total. The molecule has 3 aromatic rings. The van der Waals surface area contributed by atoms with Crippen LogP contribution in [0.25, 0.3) is 0 Å². The van der Waals surface area contributed by atoms with E-state index in [-0.39, 0.29) is 18.0 Å². The Labute approximate surface area is 168 Å². The first-order valence-electron chi connectivity index (χ1n) is 9.32. The molecule has 3 rings (SSSR count). The van der Waals surface area contributed by atoms with Crippen LogP contribution in [0.2, 0.25) is 0 Å². The number of aromatic nitrogens is 2. The van der Waals surface area contributed by atoms with Crippen LogP contribution in [-0.2, 0) is 17.9 Å². The van der Waals surface area contributed by atoms with Crippen molar-refractivity contribution < 1.29 is 14.0 Å². The fourth-order valence-electron chi connectivity index (χ4n) is 3.05. The van der Waals surface area contributed by atoms with E-state index in [4.69, 9.17) is 0 Å². The van der Waals surface area contributed by atoms with Gasteiger partial charge < -0.3 is 10.6 Å². The van der Waals surface area contributed by atoms with E-state index in [0.717, 1.165) is 22.5 Å². The molecule has 1 heterocycles. The van der Waals surface area contributed by atoms with Crippen molar-refractivity contribution >= 4 is 11.8 Å². The largest absolute Gasteiger partial charge is 0.350 e. The monoisotopic (exact) mass is 394 g/mol. The van der Waals surface area contributed by atoms with E-state index >= 15 is 0 Å². The Bertz CT molecular complexity index is 1010. The minimum absolute atomic E-state index is 0.0887. The molecule has 0 unspecified atom stereocenters. The molecule has 0 radical (unpaired) electrons. The first-order valence-corrected chi connectivity index (χ1v) is 9.32. The average Bonchev–Trinajstić information content (AvgIpc) is 2.98. The number of hydrogen-bond acceptors (Lipinski definition) is 3. The van der Waals surface area contributed by atoms with Crippen LogP contribution in [0.4, 0.5) is 4.39 Å². The Morgan fingerprint density at radius 1 is 1.00 bits per heavy atom. The summed E-state index contributed by atoms with van der Waals surface area (Å²) in [7, 11) is 0. The van der Waals surface area contributed by atoms with Crippen LogP contribution in [0, 0.1) is 19.7 Å². The standard InChI is InChI=1S/C22H23FN4O2/c1-15-19(16(2)27(26-15)14-17-8-4-3-5-9-17)12-24-21(28)13-25-22(29)18-10-6-7-11-20(18)23/h3-11H,12-14H2,1-2H3,(H,24,28)(H,25,29). The summed E-state index contributed by atoms with van der Waals surface area (Å²) >= 11 is 0. The maximum atomic E-state index is 13.6. The van der Waals surface area contributed by atoms with E-state index < -0.39 is 11.7 Å². The van der Waals surface area contributed by atoms with E-state index in [1.807, 2.05) is 48.9 Å². The van der Waals surface area contributed by atoms with Crippen LogP contribution in [0.15, 0.2) is 54.6 Å². The molecule has 2 N–H and O–H groups in total. The Morgan fingerprint density at radius 2 is 1.69 bits per heavy atom. The van der Waals surface area contributed by atoms with Gasteiger partial charge in [0.25, 0.3) is 5.91 Å². The Morgan fingerprint density at radius 3 is 2.41 bits per heavy atom. The highest BCUT2D eigenvalue weighted by Crippen LogP contribution is 2.14. The van der Waals surface area contributed by atoms with E-state index in [1.54, 1.807) is 6.07 Å². The lowest BCUT2D eigenvalue weighted by molar-refractivity contribution is -0.120. The van der Waals surface area contributed by atoms with Gasteiger partial charge in [-0.3, -0.25) is 14.3 Å². The molecule has 2 amide bonds. The van der Waals surface area contributed by atoms with Gasteiger partial charge in [-0.1, -0.05) is 42.5 Å². The van der Waals surface area contributed by atoms with Crippen LogP contribution in [-0.4, -0.2) is 28.1 Å². The summed E-state index contributed by atoms with van der Waals surface area (Å²) in [5, 5.41) is 9.77. The summed E-state index contributed by atoms with van der Waals surface area (Å²) in [6.07, 6.45) is 0. The van der Waals surface area contributed by atoms with Crippen molar-refractivity contribution in [1.29, 1.82) is 0 Å². The van der Waals surface area contributed by atoms with Crippen molar-refractivity contribution in [2.75, 3.05) is 6.54 Å². The van der Waals surface area contributed by atoms with Gasteiger partial charge in [-0.15, -0.1) is 0 Å².